The molecule has 0 amide bonds. The fourth-order valence-electron chi connectivity index (χ4n) is 4.14. The van der Waals surface area contributed by atoms with Gasteiger partial charge in [-0.15, -0.1) is 0 Å². The van der Waals surface area contributed by atoms with Crippen molar-refractivity contribution in [1.29, 1.82) is 0 Å². The van der Waals surface area contributed by atoms with E-state index in [-0.39, 0.29) is 12.0 Å². The highest BCUT2D eigenvalue weighted by Crippen LogP contribution is 2.39. The molecule has 1 unspecified atom stereocenters. The number of imidazole rings is 1. The minimum atomic E-state index is -0.339. The third-order valence-electron chi connectivity index (χ3n) is 5.72. The number of halogens is 1. The van der Waals surface area contributed by atoms with E-state index in [4.69, 9.17) is 21.3 Å². The van der Waals surface area contributed by atoms with Gasteiger partial charge in [-0.25, -0.2) is 9.78 Å². The third-order valence-corrected chi connectivity index (χ3v) is 5.97. The van der Waals surface area contributed by atoms with E-state index in [0.717, 1.165) is 41.1 Å². The molecule has 1 atom stereocenters. The Hall–Kier alpha value is -2.79. The molecule has 2 heterocycles. The highest BCUT2D eigenvalue weighted by Gasteiger charge is 2.34. The Balaban J connectivity index is 1.67. The third kappa shape index (κ3) is 4.47. The SMILES string of the molecule is CCCCCCCOC(=O)C1=C(C)Nc2nc3ccccc3n2C1c1ccc(Cl)cc1. The van der Waals surface area contributed by atoms with Gasteiger partial charge in [0.15, 0.2) is 0 Å². The summed E-state index contributed by atoms with van der Waals surface area (Å²) in [6.45, 7) is 4.53. The molecule has 31 heavy (non-hydrogen) atoms. The number of nitrogens with one attached hydrogen (secondary N) is 1. The van der Waals surface area contributed by atoms with Gasteiger partial charge < -0.3 is 10.1 Å². The van der Waals surface area contributed by atoms with Gasteiger partial charge in [0, 0.05) is 10.7 Å². The summed E-state index contributed by atoms with van der Waals surface area (Å²) in [4.78, 5) is 18.0. The monoisotopic (exact) mass is 437 g/mol. The van der Waals surface area contributed by atoms with E-state index in [1.165, 1.54) is 19.3 Å². The number of unbranched alkanes of at least 4 members (excludes halogenated alkanes) is 4. The van der Waals surface area contributed by atoms with Crippen LogP contribution >= 0.6 is 11.6 Å². The van der Waals surface area contributed by atoms with Crippen LogP contribution in [0.1, 0.15) is 57.6 Å². The van der Waals surface area contributed by atoms with Gasteiger partial charge >= 0.3 is 5.97 Å². The Labute approximate surface area is 188 Å². The molecule has 1 N–H and O–H groups in total. The van der Waals surface area contributed by atoms with Gasteiger partial charge in [-0.2, -0.15) is 0 Å². The first-order valence-electron chi connectivity index (χ1n) is 11.0. The van der Waals surface area contributed by atoms with Crippen LogP contribution in [0.2, 0.25) is 5.02 Å². The molecule has 3 aromatic rings. The lowest BCUT2D eigenvalue weighted by Gasteiger charge is -2.30. The van der Waals surface area contributed by atoms with Crippen molar-refractivity contribution in [2.75, 3.05) is 11.9 Å². The number of para-hydroxylation sites is 2. The number of hydrogen-bond acceptors (Lipinski definition) is 4. The number of rotatable bonds is 8. The smallest absolute Gasteiger partial charge is 0.338 e. The lowest BCUT2D eigenvalue weighted by Crippen LogP contribution is -2.29. The van der Waals surface area contributed by atoms with E-state index >= 15 is 0 Å². The zero-order valence-electron chi connectivity index (χ0n) is 18.0. The van der Waals surface area contributed by atoms with E-state index in [0.29, 0.717) is 17.2 Å². The number of hydrogen-bond donors (Lipinski definition) is 1. The van der Waals surface area contributed by atoms with Gasteiger partial charge in [0.25, 0.3) is 0 Å². The lowest BCUT2D eigenvalue weighted by molar-refractivity contribution is -0.139. The molecule has 0 aliphatic carbocycles. The van der Waals surface area contributed by atoms with Crippen molar-refractivity contribution in [3.8, 4) is 0 Å². The Morgan fingerprint density at radius 1 is 1.10 bits per heavy atom. The molecule has 6 heteroatoms. The predicted octanol–water partition coefficient (Wildman–Crippen LogP) is 6.49. The quantitative estimate of drug-likeness (QED) is 0.323. The second-order valence-corrected chi connectivity index (χ2v) is 8.40. The molecule has 0 saturated carbocycles. The van der Waals surface area contributed by atoms with E-state index in [2.05, 4.69) is 16.8 Å². The molecule has 0 spiro atoms. The summed E-state index contributed by atoms with van der Waals surface area (Å²) in [5.74, 6) is 0.429. The first kappa shape index (κ1) is 21.4. The minimum absolute atomic E-state index is 0.288. The van der Waals surface area contributed by atoms with Gasteiger partial charge in [-0.3, -0.25) is 4.57 Å². The number of allylic oxidation sites excluding steroid dienone is 1. The van der Waals surface area contributed by atoms with Crippen molar-refractivity contribution in [3.63, 3.8) is 0 Å². The van der Waals surface area contributed by atoms with Gasteiger partial charge in [0.05, 0.1) is 29.3 Å². The molecule has 2 aromatic carbocycles. The van der Waals surface area contributed by atoms with Crippen LogP contribution in [0, 0.1) is 0 Å². The van der Waals surface area contributed by atoms with Crippen LogP contribution < -0.4 is 5.32 Å². The van der Waals surface area contributed by atoms with Crippen LogP contribution in [-0.4, -0.2) is 22.1 Å². The molecule has 0 saturated heterocycles. The van der Waals surface area contributed by atoms with Crippen LogP contribution in [0.15, 0.2) is 59.8 Å². The Kier molecular flexibility index (Phi) is 6.62. The predicted molar refractivity (Wildman–Crippen MR) is 125 cm³/mol. The maximum absolute atomic E-state index is 13.2. The number of esters is 1. The number of aromatic nitrogens is 2. The lowest BCUT2D eigenvalue weighted by atomic mass is 9.95. The van der Waals surface area contributed by atoms with Crippen molar-refractivity contribution >= 4 is 34.6 Å². The summed E-state index contributed by atoms with van der Waals surface area (Å²) in [6.07, 6.45) is 5.55. The zero-order chi connectivity index (χ0) is 21.8. The van der Waals surface area contributed by atoms with Crippen molar-refractivity contribution in [3.05, 3.63) is 70.4 Å². The fourth-order valence-corrected chi connectivity index (χ4v) is 4.26. The average molecular weight is 438 g/mol. The van der Waals surface area contributed by atoms with Gasteiger partial charge in [0.2, 0.25) is 5.95 Å². The molecular weight excluding hydrogens is 410 g/mol. The van der Waals surface area contributed by atoms with Crippen LogP contribution in [0.3, 0.4) is 0 Å². The first-order chi connectivity index (χ1) is 15.1. The Bertz CT molecular complexity index is 1100. The summed E-state index contributed by atoms with van der Waals surface area (Å²) in [6, 6.07) is 15.2. The number of carbonyl (C=O) groups excluding carboxylic acids is 1. The van der Waals surface area contributed by atoms with Crippen molar-refractivity contribution in [2.45, 2.75) is 52.0 Å². The molecule has 0 radical (unpaired) electrons. The molecule has 4 rings (SSSR count). The topological polar surface area (TPSA) is 56.1 Å². The molecule has 1 aromatic heterocycles. The second-order valence-electron chi connectivity index (χ2n) is 7.96. The number of anilines is 1. The maximum Gasteiger partial charge on any atom is 0.338 e. The Morgan fingerprint density at radius 2 is 1.84 bits per heavy atom. The normalized spacial score (nSPS) is 15.6. The maximum atomic E-state index is 13.2. The zero-order valence-corrected chi connectivity index (χ0v) is 18.8. The summed E-state index contributed by atoms with van der Waals surface area (Å²) < 4.78 is 7.79. The fraction of sp³-hybridized carbons (Fsp3) is 0.360. The molecule has 0 bridgehead atoms. The van der Waals surface area contributed by atoms with Gasteiger partial charge in [-0.05, 0) is 43.2 Å². The molecular formula is C25H28ClN3O2. The van der Waals surface area contributed by atoms with Crippen molar-refractivity contribution < 1.29 is 9.53 Å². The molecule has 162 valence electrons. The van der Waals surface area contributed by atoms with Crippen molar-refractivity contribution in [2.24, 2.45) is 0 Å². The minimum Gasteiger partial charge on any atom is -0.462 e. The largest absolute Gasteiger partial charge is 0.462 e. The van der Waals surface area contributed by atoms with E-state index in [9.17, 15) is 4.79 Å². The van der Waals surface area contributed by atoms with Crippen molar-refractivity contribution in [1.82, 2.24) is 9.55 Å². The average Bonchev–Trinajstić information content (AvgIpc) is 3.13. The summed E-state index contributed by atoms with van der Waals surface area (Å²) in [5, 5.41) is 3.97. The highest BCUT2D eigenvalue weighted by atomic mass is 35.5. The number of carbonyl (C=O) groups is 1. The Morgan fingerprint density at radius 3 is 2.61 bits per heavy atom. The first-order valence-corrected chi connectivity index (χ1v) is 11.3. The molecule has 1 aliphatic heterocycles. The van der Waals surface area contributed by atoms with Gasteiger partial charge in [0.1, 0.15) is 0 Å². The summed E-state index contributed by atoms with van der Waals surface area (Å²) in [5.41, 5.74) is 4.17. The highest BCUT2D eigenvalue weighted by molar-refractivity contribution is 6.30. The number of ether oxygens (including phenoxy) is 1. The second kappa shape index (κ2) is 9.56. The number of nitrogens with zero attached hydrogens (tertiary/aromatic N) is 2. The standard InChI is InChI=1S/C25H28ClN3O2/c1-3-4-5-6-9-16-31-24(30)22-17(2)27-25-28-20-10-7-8-11-21(20)29(25)23(22)18-12-14-19(26)15-13-18/h7-8,10-15,23H,3-6,9,16H2,1-2H3,(H,27,28). The summed E-state index contributed by atoms with van der Waals surface area (Å²) in [7, 11) is 0. The molecule has 0 fully saturated rings. The number of fused-ring (bicyclic) bond motifs is 3. The van der Waals surface area contributed by atoms with Crippen LogP contribution in [-0.2, 0) is 9.53 Å². The van der Waals surface area contributed by atoms with E-state index in [1.807, 2.05) is 55.5 Å². The molecule has 1 aliphatic rings. The van der Waals surface area contributed by atoms with Crippen LogP contribution in [0.4, 0.5) is 5.95 Å². The van der Waals surface area contributed by atoms with Gasteiger partial charge in [-0.1, -0.05) is 68.5 Å². The summed E-state index contributed by atoms with van der Waals surface area (Å²) >= 11 is 6.14. The molecule has 5 nitrogen and oxygen atoms in total. The van der Waals surface area contributed by atoms with E-state index in [1.54, 1.807) is 0 Å². The van der Waals surface area contributed by atoms with E-state index < -0.39 is 0 Å². The number of benzene rings is 2. The van der Waals surface area contributed by atoms with Crippen LogP contribution in [0.25, 0.3) is 11.0 Å². The van der Waals surface area contributed by atoms with Crippen LogP contribution in [0.5, 0.6) is 0 Å².